The van der Waals surface area contributed by atoms with Gasteiger partial charge in [-0.1, -0.05) is 12.1 Å². The molecule has 1 aliphatic heterocycles. The lowest BCUT2D eigenvalue weighted by atomic mass is 10.0. The maximum absolute atomic E-state index is 12.0. The van der Waals surface area contributed by atoms with Crippen molar-refractivity contribution in [1.82, 2.24) is 20.2 Å². The first-order chi connectivity index (χ1) is 10.7. The van der Waals surface area contributed by atoms with Gasteiger partial charge in [-0.15, -0.1) is 0 Å². The number of imidazole rings is 1. The van der Waals surface area contributed by atoms with Crippen LogP contribution in [0.1, 0.15) is 28.9 Å². The van der Waals surface area contributed by atoms with Crippen LogP contribution in [0.4, 0.5) is 0 Å². The molecule has 1 aliphatic rings. The highest BCUT2D eigenvalue weighted by molar-refractivity contribution is 5.92. The predicted octanol–water partition coefficient (Wildman–Crippen LogP) is 1.51. The minimum absolute atomic E-state index is 0.0936. The van der Waals surface area contributed by atoms with E-state index in [1.807, 2.05) is 12.1 Å². The third-order valence-electron chi connectivity index (χ3n) is 3.98. The quantitative estimate of drug-likeness (QED) is 0.799. The van der Waals surface area contributed by atoms with Crippen LogP contribution in [0.15, 0.2) is 36.8 Å². The van der Waals surface area contributed by atoms with Crippen molar-refractivity contribution in [3.63, 3.8) is 0 Å². The number of rotatable bonds is 4. The number of likely N-dealkylation sites (tertiary alicyclic amines) is 1. The van der Waals surface area contributed by atoms with Crippen LogP contribution in [0.2, 0.25) is 0 Å². The number of carbonyl (C=O) groups is 1. The van der Waals surface area contributed by atoms with Crippen LogP contribution < -0.4 is 5.32 Å². The Morgan fingerprint density at radius 1 is 1.41 bits per heavy atom. The van der Waals surface area contributed by atoms with E-state index < -0.39 is 0 Å². The second-order valence-electron chi connectivity index (χ2n) is 5.66. The van der Waals surface area contributed by atoms with E-state index in [4.69, 9.17) is 0 Å². The Morgan fingerprint density at radius 3 is 2.91 bits per heavy atom. The Balaban J connectivity index is 1.47. The molecule has 1 aromatic heterocycles. The molecule has 0 saturated carbocycles. The molecule has 22 heavy (non-hydrogen) atoms. The third kappa shape index (κ3) is 3.65. The number of nitrogens with zero attached hydrogens (tertiary/aromatic N) is 2. The van der Waals surface area contributed by atoms with Gasteiger partial charge in [-0.25, -0.2) is 4.98 Å². The normalized spacial score (nSPS) is 16.5. The van der Waals surface area contributed by atoms with Crippen molar-refractivity contribution in [3.8, 4) is 5.75 Å². The van der Waals surface area contributed by atoms with E-state index in [1.165, 1.54) is 12.5 Å². The molecule has 116 valence electrons. The number of nitrogens with one attached hydrogen (secondary N) is 2. The molecule has 6 heteroatoms. The number of phenols is 1. The number of hydrogen-bond donors (Lipinski definition) is 3. The van der Waals surface area contributed by atoms with Crippen molar-refractivity contribution < 1.29 is 9.90 Å². The highest BCUT2D eigenvalue weighted by atomic mass is 16.3. The van der Waals surface area contributed by atoms with Gasteiger partial charge < -0.3 is 15.4 Å². The zero-order valence-corrected chi connectivity index (χ0v) is 12.3. The number of aromatic nitrogens is 2. The molecule has 0 bridgehead atoms. The first-order valence-corrected chi connectivity index (χ1v) is 7.50. The van der Waals surface area contributed by atoms with Crippen LogP contribution in [-0.2, 0) is 6.54 Å². The number of phenolic OH excluding ortho intramolecular Hbond substituents is 1. The van der Waals surface area contributed by atoms with Crippen LogP contribution in [0.25, 0.3) is 0 Å². The van der Waals surface area contributed by atoms with E-state index in [0.29, 0.717) is 11.4 Å². The number of benzene rings is 1. The summed E-state index contributed by atoms with van der Waals surface area (Å²) in [4.78, 5) is 21.0. The summed E-state index contributed by atoms with van der Waals surface area (Å²) < 4.78 is 0. The molecule has 0 radical (unpaired) electrons. The summed E-state index contributed by atoms with van der Waals surface area (Å²) in [6, 6.07) is 7.57. The summed E-state index contributed by atoms with van der Waals surface area (Å²) in [5.74, 6) is 0.211. The molecular formula is C16H20N4O2. The van der Waals surface area contributed by atoms with Crippen molar-refractivity contribution >= 4 is 5.91 Å². The van der Waals surface area contributed by atoms with Crippen LogP contribution in [0.5, 0.6) is 5.75 Å². The summed E-state index contributed by atoms with van der Waals surface area (Å²) in [6.45, 7) is 2.70. The van der Waals surface area contributed by atoms with Gasteiger partial charge in [0.25, 0.3) is 5.91 Å². The molecule has 0 unspecified atom stereocenters. The van der Waals surface area contributed by atoms with E-state index in [-0.39, 0.29) is 11.9 Å². The Hall–Kier alpha value is -2.34. The van der Waals surface area contributed by atoms with Gasteiger partial charge in [0.2, 0.25) is 0 Å². The first-order valence-electron chi connectivity index (χ1n) is 7.50. The first kappa shape index (κ1) is 14.6. The van der Waals surface area contributed by atoms with E-state index >= 15 is 0 Å². The van der Waals surface area contributed by atoms with Crippen molar-refractivity contribution in [3.05, 3.63) is 48.0 Å². The second-order valence-corrected chi connectivity index (χ2v) is 5.66. The molecule has 0 spiro atoms. The van der Waals surface area contributed by atoms with Gasteiger partial charge in [-0.3, -0.25) is 9.69 Å². The Kier molecular flexibility index (Phi) is 4.39. The standard InChI is InChI=1S/C16H20N4O2/c21-14-3-1-2-12(8-14)10-20-6-4-13(5-7-20)19-16(22)15-9-17-11-18-15/h1-3,8-9,11,13,21H,4-7,10H2,(H,17,18)(H,19,22). The van der Waals surface area contributed by atoms with Crippen molar-refractivity contribution in [2.75, 3.05) is 13.1 Å². The van der Waals surface area contributed by atoms with E-state index in [9.17, 15) is 9.90 Å². The van der Waals surface area contributed by atoms with Crippen LogP contribution in [0, 0.1) is 0 Å². The van der Waals surface area contributed by atoms with Gasteiger partial charge >= 0.3 is 0 Å². The number of amides is 1. The average Bonchev–Trinajstić information content (AvgIpc) is 3.04. The molecule has 2 heterocycles. The van der Waals surface area contributed by atoms with Gasteiger partial charge in [-0.05, 0) is 30.5 Å². The summed E-state index contributed by atoms with van der Waals surface area (Å²) in [6.07, 6.45) is 4.90. The highest BCUT2D eigenvalue weighted by Gasteiger charge is 2.21. The van der Waals surface area contributed by atoms with Crippen molar-refractivity contribution in [1.29, 1.82) is 0 Å². The Bertz CT molecular complexity index is 619. The summed E-state index contributed by atoms with van der Waals surface area (Å²) >= 11 is 0. The molecule has 3 N–H and O–H groups in total. The lowest BCUT2D eigenvalue weighted by Crippen LogP contribution is -2.44. The Morgan fingerprint density at radius 2 is 2.23 bits per heavy atom. The van der Waals surface area contributed by atoms with Crippen molar-refractivity contribution in [2.45, 2.75) is 25.4 Å². The fraction of sp³-hybridized carbons (Fsp3) is 0.375. The summed E-state index contributed by atoms with van der Waals surface area (Å²) in [5.41, 5.74) is 1.61. The lowest BCUT2D eigenvalue weighted by molar-refractivity contribution is 0.0904. The SMILES string of the molecule is O=C(NC1CCN(Cc2cccc(O)c2)CC1)c1cnc[nH]1. The van der Waals surface area contributed by atoms with Gasteiger partial charge in [0, 0.05) is 25.7 Å². The molecule has 1 amide bonds. The Labute approximate surface area is 129 Å². The van der Waals surface area contributed by atoms with Crippen LogP contribution in [0.3, 0.4) is 0 Å². The number of H-pyrrole nitrogens is 1. The molecule has 3 rings (SSSR count). The highest BCUT2D eigenvalue weighted by Crippen LogP contribution is 2.17. The smallest absolute Gasteiger partial charge is 0.269 e. The van der Waals surface area contributed by atoms with Gasteiger partial charge in [0.15, 0.2) is 0 Å². The van der Waals surface area contributed by atoms with Crippen LogP contribution in [-0.4, -0.2) is 45.0 Å². The summed E-state index contributed by atoms with van der Waals surface area (Å²) in [5, 5.41) is 12.5. The lowest BCUT2D eigenvalue weighted by Gasteiger charge is -2.32. The van der Waals surface area contributed by atoms with E-state index in [0.717, 1.165) is 38.0 Å². The minimum Gasteiger partial charge on any atom is -0.508 e. The molecule has 1 aromatic carbocycles. The molecule has 2 aromatic rings. The topological polar surface area (TPSA) is 81.2 Å². The number of carbonyl (C=O) groups excluding carboxylic acids is 1. The number of piperidine rings is 1. The fourth-order valence-corrected chi connectivity index (χ4v) is 2.79. The van der Waals surface area contributed by atoms with Gasteiger partial charge in [-0.2, -0.15) is 0 Å². The maximum Gasteiger partial charge on any atom is 0.269 e. The predicted molar refractivity (Wildman–Crippen MR) is 82.5 cm³/mol. The molecule has 6 nitrogen and oxygen atoms in total. The van der Waals surface area contributed by atoms with Gasteiger partial charge in [0.05, 0.1) is 12.5 Å². The third-order valence-corrected chi connectivity index (χ3v) is 3.98. The molecule has 0 aliphatic carbocycles. The average molecular weight is 300 g/mol. The number of aromatic hydroxyl groups is 1. The monoisotopic (exact) mass is 300 g/mol. The van der Waals surface area contributed by atoms with E-state index in [1.54, 1.807) is 12.1 Å². The summed E-state index contributed by atoms with van der Waals surface area (Å²) in [7, 11) is 0. The zero-order valence-electron chi connectivity index (χ0n) is 12.3. The largest absolute Gasteiger partial charge is 0.508 e. The zero-order chi connectivity index (χ0) is 15.4. The number of hydrogen-bond acceptors (Lipinski definition) is 4. The maximum atomic E-state index is 12.0. The molecule has 1 fully saturated rings. The number of aromatic amines is 1. The van der Waals surface area contributed by atoms with E-state index in [2.05, 4.69) is 20.2 Å². The van der Waals surface area contributed by atoms with Crippen LogP contribution >= 0.6 is 0 Å². The molecule has 0 atom stereocenters. The van der Waals surface area contributed by atoms with Gasteiger partial charge in [0.1, 0.15) is 11.4 Å². The second kappa shape index (κ2) is 6.62. The molecule has 1 saturated heterocycles. The minimum atomic E-state index is -0.0936. The van der Waals surface area contributed by atoms with Crippen molar-refractivity contribution in [2.24, 2.45) is 0 Å². The molecular weight excluding hydrogens is 280 g/mol. The fourth-order valence-electron chi connectivity index (χ4n) is 2.79.